The van der Waals surface area contributed by atoms with Gasteiger partial charge in [0.2, 0.25) is 0 Å². The third-order valence-corrected chi connectivity index (χ3v) is 1.96. The molecule has 1 aromatic heterocycles. The lowest BCUT2D eigenvalue weighted by Crippen LogP contribution is -1.94. The van der Waals surface area contributed by atoms with Crippen molar-refractivity contribution in [3.8, 4) is 0 Å². The maximum absolute atomic E-state index is 4.91. The molecule has 1 N–H and O–H groups in total. The monoisotopic (exact) mass is 232 g/mol. The lowest BCUT2D eigenvalue weighted by Gasteiger charge is -2.04. The van der Waals surface area contributed by atoms with Gasteiger partial charge in [0.1, 0.15) is 4.60 Å². The van der Waals surface area contributed by atoms with Crippen LogP contribution < -0.4 is 0 Å². The summed E-state index contributed by atoms with van der Waals surface area (Å²) in [6.07, 6.45) is 0. The number of H-pyrrole nitrogens is 1. The van der Waals surface area contributed by atoms with E-state index in [2.05, 4.69) is 39.7 Å². The van der Waals surface area contributed by atoms with E-state index in [0.29, 0.717) is 10.7 Å². The topological polar surface area (TPSA) is 28.7 Å². The van der Waals surface area contributed by atoms with E-state index < -0.39 is 0 Å². The SMILES string of the molecule is CC(C)c1cc(Br)nc(=S)[nH]1. The highest BCUT2D eigenvalue weighted by Gasteiger charge is 2.00. The van der Waals surface area contributed by atoms with E-state index in [1.54, 1.807) is 0 Å². The van der Waals surface area contributed by atoms with Gasteiger partial charge in [-0.05, 0) is 40.1 Å². The molecule has 0 unspecified atom stereocenters. The molecule has 0 aliphatic rings. The molecule has 0 fully saturated rings. The number of halogens is 1. The molecule has 0 aliphatic carbocycles. The van der Waals surface area contributed by atoms with Crippen molar-refractivity contribution in [2.45, 2.75) is 19.8 Å². The zero-order chi connectivity index (χ0) is 8.43. The lowest BCUT2D eigenvalue weighted by molar-refractivity contribution is 0.806. The van der Waals surface area contributed by atoms with Crippen molar-refractivity contribution >= 4 is 28.1 Å². The Bertz CT molecular complexity index is 306. The van der Waals surface area contributed by atoms with Gasteiger partial charge in [-0.15, -0.1) is 0 Å². The molecule has 0 saturated carbocycles. The molecule has 0 spiro atoms. The second kappa shape index (κ2) is 3.45. The van der Waals surface area contributed by atoms with Crippen LogP contribution in [0.5, 0.6) is 0 Å². The summed E-state index contributed by atoms with van der Waals surface area (Å²) < 4.78 is 1.33. The summed E-state index contributed by atoms with van der Waals surface area (Å²) in [4.78, 5) is 7.01. The summed E-state index contributed by atoms with van der Waals surface area (Å²) in [5, 5.41) is 0. The number of rotatable bonds is 1. The molecule has 60 valence electrons. The molecule has 0 radical (unpaired) electrons. The zero-order valence-electron chi connectivity index (χ0n) is 6.39. The Morgan fingerprint density at radius 2 is 2.27 bits per heavy atom. The minimum atomic E-state index is 0.455. The Labute approximate surface area is 79.2 Å². The van der Waals surface area contributed by atoms with Crippen molar-refractivity contribution in [1.29, 1.82) is 0 Å². The molecule has 1 heterocycles. The molecule has 0 saturated heterocycles. The molecule has 2 nitrogen and oxygen atoms in total. The summed E-state index contributed by atoms with van der Waals surface area (Å²) in [5.74, 6) is 0.455. The number of nitrogens with zero attached hydrogens (tertiary/aromatic N) is 1. The Balaban J connectivity index is 3.19. The minimum Gasteiger partial charge on any atom is -0.334 e. The summed E-state index contributed by atoms with van der Waals surface area (Å²) in [7, 11) is 0. The Morgan fingerprint density at radius 1 is 1.64 bits per heavy atom. The highest BCUT2D eigenvalue weighted by atomic mass is 79.9. The molecule has 0 aromatic carbocycles. The fourth-order valence-corrected chi connectivity index (χ4v) is 1.51. The highest BCUT2D eigenvalue weighted by Crippen LogP contribution is 2.14. The second-order valence-electron chi connectivity index (χ2n) is 2.62. The Morgan fingerprint density at radius 3 is 2.73 bits per heavy atom. The second-order valence-corrected chi connectivity index (χ2v) is 3.82. The van der Waals surface area contributed by atoms with Crippen LogP contribution in [-0.2, 0) is 0 Å². The maximum Gasteiger partial charge on any atom is 0.198 e. The molecule has 4 heteroatoms. The van der Waals surface area contributed by atoms with Gasteiger partial charge >= 0.3 is 0 Å². The molecule has 1 aromatic rings. The van der Waals surface area contributed by atoms with Gasteiger partial charge in [0.25, 0.3) is 0 Å². The van der Waals surface area contributed by atoms with Gasteiger partial charge in [-0.1, -0.05) is 13.8 Å². The largest absolute Gasteiger partial charge is 0.334 e. The van der Waals surface area contributed by atoms with Crippen LogP contribution in [0.1, 0.15) is 25.5 Å². The first-order valence-corrected chi connectivity index (χ1v) is 4.56. The molecule has 1 rings (SSSR count). The van der Waals surface area contributed by atoms with Crippen molar-refractivity contribution in [3.63, 3.8) is 0 Å². The fraction of sp³-hybridized carbons (Fsp3) is 0.429. The van der Waals surface area contributed by atoms with Crippen LogP contribution >= 0.6 is 28.1 Å². The van der Waals surface area contributed by atoms with Gasteiger partial charge in [0, 0.05) is 5.69 Å². The van der Waals surface area contributed by atoms with Crippen molar-refractivity contribution in [2.24, 2.45) is 0 Å². The van der Waals surface area contributed by atoms with Crippen LogP contribution in [0.4, 0.5) is 0 Å². The van der Waals surface area contributed by atoms with E-state index >= 15 is 0 Å². The number of aromatic nitrogens is 2. The summed E-state index contributed by atoms with van der Waals surface area (Å²) in [6.45, 7) is 4.21. The first-order chi connectivity index (χ1) is 5.09. The molecule has 11 heavy (non-hydrogen) atoms. The average molecular weight is 233 g/mol. The van der Waals surface area contributed by atoms with E-state index in [9.17, 15) is 0 Å². The van der Waals surface area contributed by atoms with Crippen molar-refractivity contribution in [2.75, 3.05) is 0 Å². The van der Waals surface area contributed by atoms with E-state index in [1.807, 2.05) is 6.07 Å². The smallest absolute Gasteiger partial charge is 0.198 e. The predicted octanol–water partition coefficient (Wildman–Crippen LogP) is 3.03. The van der Waals surface area contributed by atoms with Gasteiger partial charge in [-0.2, -0.15) is 0 Å². The van der Waals surface area contributed by atoms with E-state index in [1.165, 1.54) is 0 Å². The van der Waals surface area contributed by atoms with Gasteiger partial charge < -0.3 is 4.98 Å². The van der Waals surface area contributed by atoms with E-state index in [0.717, 1.165) is 10.3 Å². The normalized spacial score (nSPS) is 10.5. The van der Waals surface area contributed by atoms with Gasteiger partial charge in [0.15, 0.2) is 4.77 Å². The highest BCUT2D eigenvalue weighted by molar-refractivity contribution is 9.10. The van der Waals surface area contributed by atoms with E-state index in [-0.39, 0.29) is 0 Å². The van der Waals surface area contributed by atoms with Crippen molar-refractivity contribution < 1.29 is 0 Å². The quantitative estimate of drug-likeness (QED) is 0.596. The third kappa shape index (κ3) is 2.38. The van der Waals surface area contributed by atoms with Crippen LogP contribution in [0.15, 0.2) is 10.7 Å². The average Bonchev–Trinajstić information content (AvgIpc) is 1.85. The van der Waals surface area contributed by atoms with Gasteiger partial charge in [-0.3, -0.25) is 0 Å². The number of aromatic amines is 1. The molecular formula is C7H9BrN2S. The van der Waals surface area contributed by atoms with E-state index in [4.69, 9.17) is 12.2 Å². The van der Waals surface area contributed by atoms with Crippen molar-refractivity contribution in [3.05, 3.63) is 21.1 Å². The predicted molar refractivity (Wildman–Crippen MR) is 51.2 cm³/mol. The maximum atomic E-state index is 4.91. The zero-order valence-corrected chi connectivity index (χ0v) is 8.79. The summed E-state index contributed by atoms with van der Waals surface area (Å²) in [5.41, 5.74) is 1.11. The van der Waals surface area contributed by atoms with Gasteiger partial charge in [0.05, 0.1) is 0 Å². The number of hydrogen-bond donors (Lipinski definition) is 1. The first-order valence-electron chi connectivity index (χ1n) is 3.36. The summed E-state index contributed by atoms with van der Waals surface area (Å²) >= 11 is 8.19. The summed E-state index contributed by atoms with van der Waals surface area (Å²) in [6, 6.07) is 1.94. The Hall–Kier alpha value is -0.220. The molecule has 0 atom stereocenters. The fourth-order valence-electron chi connectivity index (χ4n) is 0.756. The van der Waals surface area contributed by atoms with Crippen LogP contribution in [0, 0.1) is 4.77 Å². The number of hydrogen-bond acceptors (Lipinski definition) is 2. The number of nitrogens with one attached hydrogen (secondary N) is 1. The lowest BCUT2D eigenvalue weighted by atomic mass is 10.1. The van der Waals surface area contributed by atoms with Crippen molar-refractivity contribution in [1.82, 2.24) is 9.97 Å². The molecule has 0 amide bonds. The van der Waals surface area contributed by atoms with Crippen LogP contribution in [0.2, 0.25) is 0 Å². The first kappa shape index (κ1) is 8.87. The van der Waals surface area contributed by atoms with Crippen LogP contribution in [0.3, 0.4) is 0 Å². The molecule has 0 aliphatic heterocycles. The Kier molecular flexibility index (Phi) is 2.78. The van der Waals surface area contributed by atoms with Crippen LogP contribution in [0.25, 0.3) is 0 Å². The molecular weight excluding hydrogens is 224 g/mol. The minimum absolute atomic E-state index is 0.455. The van der Waals surface area contributed by atoms with Gasteiger partial charge in [-0.25, -0.2) is 4.98 Å². The third-order valence-electron chi connectivity index (χ3n) is 1.36. The molecule has 0 bridgehead atoms. The van der Waals surface area contributed by atoms with Crippen LogP contribution in [-0.4, -0.2) is 9.97 Å². The standard InChI is InChI=1S/C7H9BrN2S/c1-4(2)5-3-6(8)10-7(11)9-5/h3-4H,1-2H3,(H,9,10,11).